The van der Waals surface area contributed by atoms with Crippen molar-refractivity contribution in [3.63, 3.8) is 0 Å². The van der Waals surface area contributed by atoms with Crippen molar-refractivity contribution in [2.24, 2.45) is 5.92 Å². The minimum atomic E-state index is 0.0658. The molecule has 1 aromatic carbocycles. The second kappa shape index (κ2) is 4.94. The number of carbonyl (C=O) groups excluding carboxylic acids is 1. The van der Waals surface area contributed by atoms with Crippen LogP contribution in [-0.4, -0.2) is 15.9 Å². The van der Waals surface area contributed by atoms with Gasteiger partial charge in [-0.15, -0.1) is 0 Å². The quantitative estimate of drug-likeness (QED) is 0.802. The zero-order valence-electron chi connectivity index (χ0n) is 12.2. The van der Waals surface area contributed by atoms with E-state index in [4.69, 9.17) is 4.42 Å². The van der Waals surface area contributed by atoms with Gasteiger partial charge in [0.15, 0.2) is 0 Å². The maximum absolute atomic E-state index is 11.9. The average Bonchev–Trinajstić information content (AvgIpc) is 3.30. The molecule has 0 aliphatic heterocycles. The largest absolute Gasteiger partial charge is 0.418 e. The monoisotopic (exact) mass is 293 g/mol. The Bertz CT molecular complexity index is 851. The van der Waals surface area contributed by atoms with Crippen LogP contribution in [0.1, 0.15) is 18.5 Å². The molecule has 5 heteroatoms. The number of nitrogens with one attached hydrogen (secondary N) is 1. The Kier molecular flexibility index (Phi) is 2.92. The minimum Gasteiger partial charge on any atom is -0.418 e. The number of nitrogens with zero attached hydrogens (tertiary/aromatic N) is 2. The molecule has 0 unspecified atom stereocenters. The van der Waals surface area contributed by atoms with Gasteiger partial charge in [0.25, 0.3) is 0 Å². The summed E-state index contributed by atoms with van der Waals surface area (Å²) < 4.78 is 5.72. The Morgan fingerprint density at radius 3 is 2.73 bits per heavy atom. The number of aromatic nitrogens is 2. The van der Waals surface area contributed by atoms with Crippen molar-refractivity contribution < 1.29 is 9.21 Å². The van der Waals surface area contributed by atoms with E-state index in [1.807, 2.05) is 43.3 Å². The van der Waals surface area contributed by atoms with E-state index >= 15 is 0 Å². The lowest BCUT2D eigenvalue weighted by molar-refractivity contribution is -0.117. The van der Waals surface area contributed by atoms with E-state index in [0.29, 0.717) is 22.8 Å². The summed E-state index contributed by atoms with van der Waals surface area (Å²) in [5.74, 6) is 0.761. The summed E-state index contributed by atoms with van der Waals surface area (Å²) >= 11 is 0. The molecule has 0 bridgehead atoms. The van der Waals surface area contributed by atoms with Gasteiger partial charge in [0.1, 0.15) is 5.52 Å². The van der Waals surface area contributed by atoms with E-state index < -0.39 is 0 Å². The molecule has 0 atom stereocenters. The summed E-state index contributed by atoms with van der Waals surface area (Å²) in [5, 5.41) is 2.93. The van der Waals surface area contributed by atoms with Crippen molar-refractivity contribution in [1.82, 2.24) is 9.97 Å². The third-order valence-electron chi connectivity index (χ3n) is 3.80. The first kappa shape index (κ1) is 13.0. The lowest BCUT2D eigenvalue weighted by Gasteiger charge is -2.06. The molecule has 0 saturated heterocycles. The highest BCUT2D eigenvalue weighted by Gasteiger charge is 2.30. The van der Waals surface area contributed by atoms with Gasteiger partial charge in [-0.25, -0.2) is 9.97 Å². The molecule has 4 rings (SSSR count). The van der Waals surface area contributed by atoms with Crippen molar-refractivity contribution in [2.75, 3.05) is 5.32 Å². The van der Waals surface area contributed by atoms with Crippen LogP contribution in [0.5, 0.6) is 0 Å². The van der Waals surface area contributed by atoms with Crippen molar-refractivity contribution in [3.8, 4) is 11.5 Å². The number of anilines is 1. The fourth-order valence-electron chi connectivity index (χ4n) is 2.36. The van der Waals surface area contributed by atoms with Crippen molar-refractivity contribution in [3.05, 3.63) is 42.1 Å². The van der Waals surface area contributed by atoms with Crippen LogP contribution in [0.25, 0.3) is 22.7 Å². The van der Waals surface area contributed by atoms with Crippen LogP contribution in [0, 0.1) is 12.8 Å². The number of rotatable bonds is 3. The van der Waals surface area contributed by atoms with Crippen LogP contribution >= 0.6 is 0 Å². The smallest absolute Gasteiger partial charge is 0.247 e. The fraction of sp³-hybridized carbons (Fsp3) is 0.235. The number of hydrogen-bond acceptors (Lipinski definition) is 4. The summed E-state index contributed by atoms with van der Waals surface area (Å²) in [4.78, 5) is 20.8. The van der Waals surface area contributed by atoms with E-state index in [1.165, 1.54) is 0 Å². The number of pyridine rings is 1. The van der Waals surface area contributed by atoms with E-state index in [-0.39, 0.29) is 11.8 Å². The van der Waals surface area contributed by atoms with Crippen LogP contribution in [0.2, 0.25) is 0 Å². The van der Waals surface area contributed by atoms with Crippen LogP contribution in [0.3, 0.4) is 0 Å². The van der Waals surface area contributed by atoms with E-state index in [9.17, 15) is 4.79 Å². The molecular weight excluding hydrogens is 278 g/mol. The third kappa shape index (κ3) is 2.35. The molecular formula is C17H15N3O2. The molecule has 1 aliphatic rings. The number of oxazole rings is 1. The number of amides is 1. The summed E-state index contributed by atoms with van der Waals surface area (Å²) in [6, 6.07) is 11.5. The second-order valence-corrected chi connectivity index (χ2v) is 5.59. The van der Waals surface area contributed by atoms with Crippen LogP contribution in [-0.2, 0) is 4.79 Å². The first-order valence-corrected chi connectivity index (χ1v) is 7.35. The van der Waals surface area contributed by atoms with Gasteiger partial charge in [0.2, 0.25) is 17.5 Å². The topological polar surface area (TPSA) is 68.0 Å². The van der Waals surface area contributed by atoms with Crippen LogP contribution in [0.4, 0.5) is 5.69 Å². The van der Waals surface area contributed by atoms with Gasteiger partial charge in [-0.05, 0) is 38.0 Å². The second-order valence-electron chi connectivity index (χ2n) is 5.59. The average molecular weight is 293 g/mol. The van der Waals surface area contributed by atoms with Gasteiger partial charge in [-0.1, -0.05) is 18.2 Å². The van der Waals surface area contributed by atoms with E-state index in [0.717, 1.165) is 24.1 Å². The normalized spacial score (nSPS) is 14.2. The third-order valence-corrected chi connectivity index (χ3v) is 3.80. The highest BCUT2D eigenvalue weighted by atomic mass is 16.4. The van der Waals surface area contributed by atoms with Crippen LogP contribution < -0.4 is 5.32 Å². The summed E-state index contributed by atoms with van der Waals surface area (Å²) in [6.45, 7) is 1.85. The number of benzene rings is 1. The predicted octanol–water partition coefficient (Wildman–Crippen LogP) is 3.55. The van der Waals surface area contributed by atoms with Gasteiger partial charge >= 0.3 is 0 Å². The lowest BCUT2D eigenvalue weighted by Crippen LogP contribution is -2.14. The summed E-state index contributed by atoms with van der Waals surface area (Å²) in [5.41, 5.74) is 3.48. The molecule has 3 aromatic rings. The first-order chi connectivity index (χ1) is 10.7. The molecule has 1 fully saturated rings. The molecule has 1 N–H and O–H groups in total. The number of aryl methyl sites for hydroxylation is 1. The molecule has 0 spiro atoms. The molecule has 1 aliphatic carbocycles. The molecule has 22 heavy (non-hydrogen) atoms. The number of fused-ring (bicyclic) bond motifs is 1. The summed E-state index contributed by atoms with van der Waals surface area (Å²) in [6.07, 6.45) is 1.95. The Morgan fingerprint density at radius 1 is 1.23 bits per heavy atom. The van der Waals surface area contributed by atoms with Gasteiger partial charge in [0.05, 0.1) is 11.4 Å². The Morgan fingerprint density at radius 2 is 2.00 bits per heavy atom. The van der Waals surface area contributed by atoms with E-state index in [2.05, 4.69) is 15.3 Å². The van der Waals surface area contributed by atoms with Gasteiger partial charge in [-0.3, -0.25) is 4.79 Å². The highest BCUT2D eigenvalue weighted by molar-refractivity contribution is 5.95. The lowest BCUT2D eigenvalue weighted by atomic mass is 10.2. The van der Waals surface area contributed by atoms with Crippen molar-refractivity contribution >= 4 is 22.8 Å². The molecule has 1 saturated carbocycles. The predicted molar refractivity (Wildman–Crippen MR) is 83.3 cm³/mol. The van der Waals surface area contributed by atoms with Gasteiger partial charge < -0.3 is 9.73 Å². The molecule has 1 amide bonds. The minimum absolute atomic E-state index is 0.0658. The zero-order valence-corrected chi connectivity index (χ0v) is 12.2. The maximum Gasteiger partial charge on any atom is 0.247 e. The van der Waals surface area contributed by atoms with Gasteiger partial charge in [-0.2, -0.15) is 0 Å². The molecule has 5 nitrogen and oxygen atoms in total. The fourth-order valence-corrected chi connectivity index (χ4v) is 2.36. The molecule has 0 radical (unpaired) electrons. The number of carbonyl (C=O) groups is 1. The standard InChI is InChI=1S/C17H15N3O2/c1-10-13(19-15(21)11-7-8-11)9-14-17(18-10)22-16(20-14)12-5-3-2-4-6-12/h2-6,9,11H,7-8H2,1H3,(H,19,21). The SMILES string of the molecule is Cc1nc2oc(-c3ccccc3)nc2cc1NC(=O)C1CC1. The van der Waals surface area contributed by atoms with Crippen LogP contribution in [0.15, 0.2) is 40.8 Å². The molecule has 2 aromatic heterocycles. The molecule has 110 valence electrons. The number of hydrogen-bond donors (Lipinski definition) is 1. The summed E-state index contributed by atoms with van der Waals surface area (Å²) in [7, 11) is 0. The Labute approximate surface area is 127 Å². The Hall–Kier alpha value is -2.69. The van der Waals surface area contributed by atoms with Crippen molar-refractivity contribution in [2.45, 2.75) is 19.8 Å². The highest BCUT2D eigenvalue weighted by Crippen LogP contribution is 2.31. The zero-order chi connectivity index (χ0) is 15.1. The Balaban J connectivity index is 1.72. The van der Waals surface area contributed by atoms with E-state index in [1.54, 1.807) is 0 Å². The maximum atomic E-state index is 11.9. The van der Waals surface area contributed by atoms with Gasteiger partial charge in [0, 0.05) is 11.5 Å². The van der Waals surface area contributed by atoms with Crippen molar-refractivity contribution in [1.29, 1.82) is 0 Å². The first-order valence-electron chi connectivity index (χ1n) is 7.35. The molecule has 2 heterocycles.